The molecule has 2 rings (SSSR count). The van der Waals surface area contributed by atoms with Crippen molar-refractivity contribution in [1.29, 1.82) is 0 Å². The summed E-state index contributed by atoms with van der Waals surface area (Å²) in [7, 11) is 0. The van der Waals surface area contributed by atoms with E-state index in [4.69, 9.17) is 10.5 Å². The third-order valence-corrected chi connectivity index (χ3v) is 2.06. The zero-order valence-electron chi connectivity index (χ0n) is 9.25. The number of aromatic nitrogens is 2. The summed E-state index contributed by atoms with van der Waals surface area (Å²) >= 11 is 0. The number of anilines is 1. The molecule has 0 aliphatic carbocycles. The molecule has 5 heteroatoms. The van der Waals surface area contributed by atoms with Crippen molar-refractivity contribution in [3.05, 3.63) is 47.9 Å². The van der Waals surface area contributed by atoms with E-state index in [1.165, 1.54) is 12.4 Å². The highest BCUT2D eigenvalue weighted by Gasteiger charge is 2.10. The van der Waals surface area contributed by atoms with E-state index in [1.807, 2.05) is 19.1 Å². The molecule has 17 heavy (non-hydrogen) atoms. The van der Waals surface area contributed by atoms with Crippen molar-refractivity contribution in [3.8, 4) is 5.75 Å². The Labute approximate surface area is 98.3 Å². The summed E-state index contributed by atoms with van der Waals surface area (Å²) in [6, 6.07) is 7.18. The van der Waals surface area contributed by atoms with Gasteiger partial charge in [0.15, 0.2) is 5.69 Å². The fourth-order valence-electron chi connectivity index (χ4n) is 1.32. The second-order valence-electron chi connectivity index (χ2n) is 3.54. The lowest BCUT2D eigenvalue weighted by Crippen LogP contribution is -2.12. The largest absolute Gasteiger partial charge is 0.422 e. The molecule has 0 aliphatic heterocycles. The summed E-state index contributed by atoms with van der Waals surface area (Å²) < 4.78 is 5.14. The molecule has 5 nitrogen and oxygen atoms in total. The van der Waals surface area contributed by atoms with Crippen LogP contribution in [0.2, 0.25) is 0 Å². The highest BCUT2D eigenvalue weighted by Crippen LogP contribution is 2.13. The second-order valence-corrected chi connectivity index (χ2v) is 3.54. The number of hydrogen-bond donors (Lipinski definition) is 1. The second kappa shape index (κ2) is 4.61. The minimum atomic E-state index is -0.574. The highest BCUT2D eigenvalue weighted by molar-refractivity contribution is 5.88. The monoisotopic (exact) mass is 229 g/mol. The molecule has 86 valence electrons. The predicted octanol–water partition coefficient (Wildman–Crippen LogP) is 1.59. The Morgan fingerprint density at radius 2 is 2.18 bits per heavy atom. The fraction of sp³-hybridized carbons (Fsp3) is 0.0833. The molecule has 2 aromatic rings. The van der Waals surface area contributed by atoms with Crippen LogP contribution in [0.3, 0.4) is 0 Å². The van der Waals surface area contributed by atoms with Gasteiger partial charge in [-0.1, -0.05) is 12.1 Å². The highest BCUT2D eigenvalue weighted by atomic mass is 16.5. The molecule has 0 unspecified atom stereocenters. The molecular formula is C12H11N3O2. The molecule has 0 spiro atoms. The molecule has 1 heterocycles. The van der Waals surface area contributed by atoms with Crippen LogP contribution in [-0.2, 0) is 0 Å². The van der Waals surface area contributed by atoms with Crippen LogP contribution < -0.4 is 10.5 Å². The van der Waals surface area contributed by atoms with Crippen LogP contribution in [0.1, 0.15) is 16.1 Å². The number of carbonyl (C=O) groups is 1. The van der Waals surface area contributed by atoms with E-state index in [2.05, 4.69) is 9.97 Å². The quantitative estimate of drug-likeness (QED) is 0.625. The maximum Gasteiger partial charge on any atom is 0.364 e. The summed E-state index contributed by atoms with van der Waals surface area (Å²) in [6.45, 7) is 1.91. The van der Waals surface area contributed by atoms with Crippen molar-refractivity contribution in [2.75, 3.05) is 5.73 Å². The number of rotatable bonds is 2. The Morgan fingerprint density at radius 3 is 2.88 bits per heavy atom. The lowest BCUT2D eigenvalue weighted by atomic mass is 10.2. The summed E-state index contributed by atoms with van der Waals surface area (Å²) in [5.41, 5.74) is 6.53. The first-order valence-corrected chi connectivity index (χ1v) is 5.01. The number of carbonyl (C=O) groups excluding carboxylic acids is 1. The molecule has 0 radical (unpaired) electrons. The van der Waals surface area contributed by atoms with Crippen molar-refractivity contribution in [2.45, 2.75) is 6.92 Å². The summed E-state index contributed by atoms with van der Waals surface area (Å²) in [4.78, 5) is 19.3. The van der Waals surface area contributed by atoms with Gasteiger partial charge in [-0.3, -0.25) is 4.98 Å². The number of ether oxygens (including phenoxy) is 1. The first-order chi connectivity index (χ1) is 8.15. The van der Waals surface area contributed by atoms with Crippen molar-refractivity contribution in [3.63, 3.8) is 0 Å². The van der Waals surface area contributed by atoms with E-state index >= 15 is 0 Å². The number of nitrogens with two attached hydrogens (primary N) is 1. The number of esters is 1. The minimum Gasteiger partial charge on any atom is -0.422 e. The van der Waals surface area contributed by atoms with Crippen molar-refractivity contribution < 1.29 is 9.53 Å². The Bertz CT molecular complexity index is 555. The van der Waals surface area contributed by atoms with E-state index in [0.29, 0.717) is 5.75 Å². The molecule has 0 saturated heterocycles. The summed E-state index contributed by atoms with van der Waals surface area (Å²) in [6.07, 6.45) is 2.68. The molecule has 0 bridgehead atoms. The smallest absolute Gasteiger partial charge is 0.364 e. The number of hydrogen-bond acceptors (Lipinski definition) is 5. The van der Waals surface area contributed by atoms with Gasteiger partial charge in [0.25, 0.3) is 0 Å². The van der Waals surface area contributed by atoms with Crippen LogP contribution in [-0.4, -0.2) is 15.9 Å². The van der Waals surface area contributed by atoms with Crippen LogP contribution in [0, 0.1) is 6.92 Å². The molecule has 2 N–H and O–H groups in total. The van der Waals surface area contributed by atoms with E-state index in [-0.39, 0.29) is 11.5 Å². The molecular weight excluding hydrogens is 218 g/mol. The average molecular weight is 229 g/mol. The molecule has 0 atom stereocenters. The number of nitrogen functional groups attached to an aromatic ring is 1. The third kappa shape index (κ3) is 2.78. The maximum absolute atomic E-state index is 11.7. The van der Waals surface area contributed by atoms with E-state index in [1.54, 1.807) is 12.1 Å². The first kappa shape index (κ1) is 11.1. The Balaban J connectivity index is 2.17. The van der Waals surface area contributed by atoms with Gasteiger partial charge < -0.3 is 10.5 Å². The molecule has 0 amide bonds. The topological polar surface area (TPSA) is 78.1 Å². The van der Waals surface area contributed by atoms with Gasteiger partial charge in [-0.25, -0.2) is 9.78 Å². The normalized spacial score (nSPS) is 9.94. The predicted molar refractivity (Wildman–Crippen MR) is 62.6 cm³/mol. The minimum absolute atomic E-state index is 0.0894. The molecule has 1 aromatic carbocycles. The van der Waals surface area contributed by atoms with Gasteiger partial charge in [0.05, 0.1) is 12.4 Å². The van der Waals surface area contributed by atoms with Gasteiger partial charge >= 0.3 is 5.97 Å². The SMILES string of the molecule is Cc1cccc(OC(=O)c2cncc(N)n2)c1. The Hall–Kier alpha value is -2.43. The van der Waals surface area contributed by atoms with Crippen molar-refractivity contribution >= 4 is 11.8 Å². The average Bonchev–Trinajstić information content (AvgIpc) is 2.29. The number of aryl methyl sites for hydroxylation is 1. The van der Waals surface area contributed by atoms with Crippen LogP contribution in [0.5, 0.6) is 5.75 Å². The van der Waals surface area contributed by atoms with E-state index in [0.717, 1.165) is 5.56 Å². The summed E-state index contributed by atoms with van der Waals surface area (Å²) in [5, 5.41) is 0. The lowest BCUT2D eigenvalue weighted by Gasteiger charge is -2.04. The van der Waals surface area contributed by atoms with Crippen LogP contribution in [0.25, 0.3) is 0 Å². The number of nitrogens with zero attached hydrogens (tertiary/aromatic N) is 2. The van der Waals surface area contributed by atoms with Crippen LogP contribution in [0.4, 0.5) is 5.82 Å². The third-order valence-electron chi connectivity index (χ3n) is 2.06. The number of benzene rings is 1. The van der Waals surface area contributed by atoms with Gasteiger partial charge in [-0.15, -0.1) is 0 Å². The molecule has 1 aromatic heterocycles. The van der Waals surface area contributed by atoms with Crippen molar-refractivity contribution in [1.82, 2.24) is 9.97 Å². The van der Waals surface area contributed by atoms with Gasteiger partial charge in [-0.05, 0) is 24.6 Å². The van der Waals surface area contributed by atoms with E-state index < -0.39 is 5.97 Å². The van der Waals surface area contributed by atoms with Gasteiger partial charge in [-0.2, -0.15) is 0 Å². The van der Waals surface area contributed by atoms with Gasteiger partial charge in [0, 0.05) is 0 Å². The lowest BCUT2D eigenvalue weighted by molar-refractivity contribution is 0.0728. The molecule has 0 aliphatic rings. The fourth-order valence-corrected chi connectivity index (χ4v) is 1.32. The van der Waals surface area contributed by atoms with Crippen LogP contribution >= 0.6 is 0 Å². The van der Waals surface area contributed by atoms with Gasteiger partial charge in [0.1, 0.15) is 11.6 Å². The van der Waals surface area contributed by atoms with Crippen LogP contribution in [0.15, 0.2) is 36.7 Å². The molecule has 0 fully saturated rings. The zero-order valence-corrected chi connectivity index (χ0v) is 9.25. The molecule has 0 saturated carbocycles. The Morgan fingerprint density at radius 1 is 1.35 bits per heavy atom. The van der Waals surface area contributed by atoms with E-state index in [9.17, 15) is 4.79 Å². The maximum atomic E-state index is 11.7. The summed E-state index contributed by atoms with van der Waals surface area (Å²) in [5.74, 6) is 0.0818. The van der Waals surface area contributed by atoms with Crippen molar-refractivity contribution in [2.24, 2.45) is 0 Å². The first-order valence-electron chi connectivity index (χ1n) is 5.01. The Kier molecular flexibility index (Phi) is 3.00. The standard InChI is InChI=1S/C12H11N3O2/c1-8-3-2-4-9(5-8)17-12(16)10-6-14-7-11(13)15-10/h2-7H,1H3,(H2,13,15). The van der Waals surface area contributed by atoms with Gasteiger partial charge in [0.2, 0.25) is 0 Å². The zero-order chi connectivity index (χ0) is 12.3.